The molecule has 2 aromatic heterocycles. The molecule has 78 valence electrons. The molecule has 2 rings (SSSR count). The highest BCUT2D eigenvalue weighted by atomic mass is 79.9. The Hall–Kier alpha value is -0.880. The highest BCUT2D eigenvalue weighted by Crippen LogP contribution is 2.30. The van der Waals surface area contributed by atoms with Crippen LogP contribution in [0.2, 0.25) is 0 Å². The lowest BCUT2D eigenvalue weighted by Gasteiger charge is -2.00. The second-order valence-corrected chi connectivity index (χ2v) is 4.78. The molecule has 2 heterocycles. The number of hydrogen-bond acceptors (Lipinski definition) is 5. The van der Waals surface area contributed by atoms with E-state index >= 15 is 0 Å². The van der Waals surface area contributed by atoms with Gasteiger partial charge in [-0.05, 0) is 46.2 Å². The van der Waals surface area contributed by atoms with Gasteiger partial charge in [-0.2, -0.15) is 0 Å². The minimum Gasteiger partial charge on any atom is -0.416 e. The molecular weight excluding hydrogens is 278 g/mol. The third-order valence-corrected chi connectivity index (χ3v) is 3.36. The van der Waals surface area contributed by atoms with E-state index in [9.17, 15) is 0 Å². The van der Waals surface area contributed by atoms with Crippen molar-refractivity contribution in [2.45, 2.75) is 24.1 Å². The summed E-state index contributed by atoms with van der Waals surface area (Å²) in [7, 11) is 0. The average Bonchev–Trinajstić information content (AvgIpc) is 2.56. The second-order valence-electron chi connectivity index (χ2n) is 2.99. The van der Waals surface area contributed by atoms with Crippen LogP contribution in [-0.4, -0.2) is 15.2 Å². The van der Waals surface area contributed by atoms with Gasteiger partial charge in [0.15, 0.2) is 0 Å². The van der Waals surface area contributed by atoms with E-state index in [1.807, 2.05) is 13.0 Å². The molecule has 0 amide bonds. The van der Waals surface area contributed by atoms with E-state index in [4.69, 9.17) is 4.42 Å². The molecule has 0 saturated carbocycles. The molecule has 0 spiro atoms. The lowest BCUT2D eigenvalue weighted by molar-refractivity contribution is 0.429. The van der Waals surface area contributed by atoms with Gasteiger partial charge in [0.1, 0.15) is 5.03 Å². The molecule has 4 nitrogen and oxygen atoms in total. The molecule has 0 bridgehead atoms. The molecule has 2 aromatic rings. The first-order valence-corrected chi connectivity index (χ1v) is 5.86. The zero-order valence-corrected chi connectivity index (χ0v) is 10.6. The van der Waals surface area contributed by atoms with Gasteiger partial charge in [0, 0.05) is 13.1 Å². The topological polar surface area (TPSA) is 51.8 Å². The summed E-state index contributed by atoms with van der Waals surface area (Å²) in [6, 6.07) is 2.00. The normalized spacial score (nSPS) is 10.6. The van der Waals surface area contributed by atoms with Crippen LogP contribution in [0.5, 0.6) is 0 Å². The van der Waals surface area contributed by atoms with Gasteiger partial charge in [-0.1, -0.05) is 0 Å². The molecule has 0 fully saturated rings. The number of aryl methyl sites for hydroxylation is 2. The molecule has 0 radical (unpaired) electrons. The van der Waals surface area contributed by atoms with Gasteiger partial charge < -0.3 is 4.42 Å². The van der Waals surface area contributed by atoms with Crippen LogP contribution in [0.3, 0.4) is 0 Å². The predicted molar refractivity (Wildman–Crippen MR) is 59.8 cm³/mol. The van der Waals surface area contributed by atoms with E-state index in [0.717, 1.165) is 15.1 Å². The standard InChI is InChI=1S/C9H8BrN3OS/c1-5-3-7(10)8(11-4-5)15-9-13-12-6(2)14-9/h3-4H,1-2H3. The molecular formula is C9H8BrN3OS. The van der Waals surface area contributed by atoms with Crippen LogP contribution in [-0.2, 0) is 0 Å². The Bertz CT molecular complexity index is 486. The number of hydrogen-bond donors (Lipinski definition) is 0. The quantitative estimate of drug-likeness (QED) is 0.849. The minimum atomic E-state index is 0.504. The maximum Gasteiger partial charge on any atom is 0.282 e. The molecule has 6 heteroatoms. The second kappa shape index (κ2) is 4.32. The Morgan fingerprint density at radius 3 is 2.73 bits per heavy atom. The fourth-order valence-electron chi connectivity index (χ4n) is 0.998. The zero-order chi connectivity index (χ0) is 10.8. The van der Waals surface area contributed by atoms with Crippen molar-refractivity contribution in [1.82, 2.24) is 15.2 Å². The fourth-order valence-corrected chi connectivity index (χ4v) is 2.38. The lowest BCUT2D eigenvalue weighted by Crippen LogP contribution is -1.84. The maximum absolute atomic E-state index is 5.25. The molecule has 15 heavy (non-hydrogen) atoms. The van der Waals surface area contributed by atoms with E-state index in [-0.39, 0.29) is 0 Å². The van der Waals surface area contributed by atoms with Crippen molar-refractivity contribution in [3.05, 3.63) is 28.2 Å². The van der Waals surface area contributed by atoms with Crippen molar-refractivity contribution in [3.63, 3.8) is 0 Å². The Balaban J connectivity index is 2.24. The summed E-state index contributed by atoms with van der Waals surface area (Å²) in [6.07, 6.45) is 1.80. The highest BCUT2D eigenvalue weighted by Gasteiger charge is 2.09. The minimum absolute atomic E-state index is 0.504. The van der Waals surface area contributed by atoms with Crippen molar-refractivity contribution in [2.75, 3.05) is 0 Å². The van der Waals surface area contributed by atoms with Crippen LogP contribution in [0.4, 0.5) is 0 Å². The lowest BCUT2D eigenvalue weighted by atomic mass is 10.3. The first-order chi connectivity index (χ1) is 7.15. The Morgan fingerprint density at radius 2 is 2.13 bits per heavy atom. The van der Waals surface area contributed by atoms with Gasteiger partial charge in [-0.3, -0.25) is 0 Å². The molecule has 0 N–H and O–H groups in total. The third-order valence-electron chi connectivity index (χ3n) is 1.64. The monoisotopic (exact) mass is 285 g/mol. The SMILES string of the molecule is Cc1cnc(Sc2nnc(C)o2)c(Br)c1. The summed E-state index contributed by atoms with van der Waals surface area (Å²) < 4.78 is 6.19. The number of rotatable bonds is 2. The van der Waals surface area contributed by atoms with Crippen LogP contribution >= 0.6 is 27.7 Å². The van der Waals surface area contributed by atoms with Crippen LogP contribution in [0, 0.1) is 13.8 Å². The third kappa shape index (κ3) is 2.57. The van der Waals surface area contributed by atoms with Crippen LogP contribution in [0.25, 0.3) is 0 Å². The molecule has 0 aliphatic rings. The Labute approximate surface area is 99.6 Å². The van der Waals surface area contributed by atoms with Crippen molar-refractivity contribution in [1.29, 1.82) is 0 Å². The van der Waals surface area contributed by atoms with E-state index in [1.54, 1.807) is 13.1 Å². The first kappa shape index (κ1) is 10.6. The average molecular weight is 286 g/mol. The highest BCUT2D eigenvalue weighted by molar-refractivity contribution is 9.10. The van der Waals surface area contributed by atoms with Gasteiger partial charge >= 0.3 is 0 Å². The molecule has 0 saturated heterocycles. The van der Waals surface area contributed by atoms with Gasteiger partial charge in [-0.15, -0.1) is 10.2 Å². The summed E-state index contributed by atoms with van der Waals surface area (Å²) in [5.74, 6) is 0.556. The first-order valence-electron chi connectivity index (χ1n) is 4.25. The van der Waals surface area contributed by atoms with Gasteiger partial charge in [0.25, 0.3) is 5.22 Å². The Morgan fingerprint density at radius 1 is 1.33 bits per heavy atom. The molecule has 0 aliphatic carbocycles. The fraction of sp³-hybridized carbons (Fsp3) is 0.222. The van der Waals surface area contributed by atoms with E-state index in [2.05, 4.69) is 31.1 Å². The number of pyridine rings is 1. The largest absolute Gasteiger partial charge is 0.416 e. The molecule has 0 aromatic carbocycles. The van der Waals surface area contributed by atoms with Crippen molar-refractivity contribution >= 4 is 27.7 Å². The number of nitrogens with zero attached hydrogens (tertiary/aromatic N) is 3. The van der Waals surface area contributed by atoms with Crippen LogP contribution in [0.15, 0.2) is 31.4 Å². The zero-order valence-electron chi connectivity index (χ0n) is 8.19. The van der Waals surface area contributed by atoms with Crippen molar-refractivity contribution in [3.8, 4) is 0 Å². The Kier molecular flexibility index (Phi) is 3.06. The van der Waals surface area contributed by atoms with Crippen molar-refractivity contribution in [2.24, 2.45) is 0 Å². The summed E-state index contributed by atoms with van der Waals surface area (Å²) in [5.41, 5.74) is 1.10. The van der Waals surface area contributed by atoms with Crippen LogP contribution < -0.4 is 0 Å². The summed E-state index contributed by atoms with van der Waals surface area (Å²) in [4.78, 5) is 4.27. The van der Waals surface area contributed by atoms with Gasteiger partial charge in [-0.25, -0.2) is 4.98 Å². The van der Waals surface area contributed by atoms with E-state index in [1.165, 1.54) is 11.8 Å². The van der Waals surface area contributed by atoms with Gasteiger partial charge in [0.05, 0.1) is 4.47 Å². The predicted octanol–water partition coefficient (Wildman–Crippen LogP) is 3.00. The maximum atomic E-state index is 5.25. The van der Waals surface area contributed by atoms with E-state index < -0.39 is 0 Å². The summed E-state index contributed by atoms with van der Waals surface area (Å²) in [6.45, 7) is 3.75. The molecule has 0 unspecified atom stereocenters. The number of aromatic nitrogens is 3. The van der Waals surface area contributed by atoms with E-state index in [0.29, 0.717) is 11.1 Å². The molecule has 0 aliphatic heterocycles. The van der Waals surface area contributed by atoms with Crippen LogP contribution in [0.1, 0.15) is 11.5 Å². The summed E-state index contributed by atoms with van der Waals surface area (Å²) in [5, 5.41) is 8.97. The number of halogens is 1. The molecule has 0 atom stereocenters. The summed E-state index contributed by atoms with van der Waals surface area (Å²) >= 11 is 4.78. The van der Waals surface area contributed by atoms with Gasteiger partial charge in [0.2, 0.25) is 5.89 Å². The van der Waals surface area contributed by atoms with Crippen molar-refractivity contribution < 1.29 is 4.42 Å². The smallest absolute Gasteiger partial charge is 0.282 e.